The second-order valence-electron chi connectivity index (χ2n) is 7.94. The number of hydrogen-bond donors (Lipinski definition) is 4. The molecule has 0 aliphatic carbocycles. The Hall–Kier alpha value is -3.32. The fourth-order valence-corrected chi connectivity index (χ4v) is 4.18. The van der Waals surface area contributed by atoms with Crippen molar-refractivity contribution in [3.05, 3.63) is 59.8 Å². The van der Waals surface area contributed by atoms with Crippen LogP contribution in [-0.4, -0.2) is 22.0 Å². The van der Waals surface area contributed by atoms with Crippen LogP contribution < -0.4 is 15.5 Å². The monoisotopic (exact) mass is 421 g/mol. The van der Waals surface area contributed by atoms with E-state index in [0.717, 1.165) is 42.1 Å². The number of benzene rings is 2. The molecule has 7 heteroatoms. The lowest BCUT2D eigenvalue weighted by atomic mass is 9.95. The Morgan fingerprint density at radius 1 is 1.10 bits per heavy atom. The highest BCUT2D eigenvalue weighted by molar-refractivity contribution is 5.96. The van der Waals surface area contributed by atoms with Crippen LogP contribution in [0.5, 0.6) is 5.75 Å². The third-order valence-electron chi connectivity index (χ3n) is 5.83. The number of rotatable bonds is 2. The molecular formula is C24H27N3O4. The van der Waals surface area contributed by atoms with E-state index in [1.54, 1.807) is 11.5 Å². The number of aryl methyl sites for hydroxylation is 1. The number of anilines is 1. The van der Waals surface area contributed by atoms with Crippen LogP contribution in [0, 0.1) is 5.92 Å². The number of carbonyl (C=O) groups excluding carboxylic acids is 2. The first kappa shape index (κ1) is 20.9. The van der Waals surface area contributed by atoms with Crippen molar-refractivity contribution < 1.29 is 19.5 Å². The first-order valence-corrected chi connectivity index (χ1v) is 10.7. The number of para-hydroxylation sites is 3. The number of fused-ring (bicyclic) bond motifs is 4. The maximum absolute atomic E-state index is 12.9. The van der Waals surface area contributed by atoms with Crippen molar-refractivity contribution in [2.45, 2.75) is 45.1 Å². The maximum Gasteiger partial charge on any atom is 0.244 e. The van der Waals surface area contributed by atoms with Crippen LogP contribution in [0.1, 0.15) is 43.4 Å². The largest absolute Gasteiger partial charge is 0.487 e. The van der Waals surface area contributed by atoms with Crippen LogP contribution in [0.4, 0.5) is 5.69 Å². The number of aromatic nitrogens is 1. The zero-order chi connectivity index (χ0) is 21.6. The van der Waals surface area contributed by atoms with Crippen LogP contribution >= 0.6 is 0 Å². The molecule has 0 bridgehead atoms. The number of amides is 2. The average Bonchev–Trinajstić information content (AvgIpc) is 3.14. The van der Waals surface area contributed by atoms with Crippen LogP contribution in [0.3, 0.4) is 0 Å². The van der Waals surface area contributed by atoms with Gasteiger partial charge < -0.3 is 15.0 Å². The lowest BCUT2D eigenvalue weighted by Gasteiger charge is -2.19. The lowest BCUT2D eigenvalue weighted by Crippen LogP contribution is -2.29. The number of carbonyl (C=O) groups is 2. The minimum Gasteiger partial charge on any atom is -0.487 e. The first-order chi connectivity index (χ1) is 15.2. The smallest absolute Gasteiger partial charge is 0.244 e. The molecule has 1 aromatic heterocycles. The molecule has 7 nitrogen and oxygen atoms in total. The highest BCUT2D eigenvalue weighted by Gasteiger charge is 2.23. The standard InChI is InChI=1S/C24H27N3O4/c28-23(27-30)14-16-8-2-1-3-10-20-18(17-9-4-5-11-19(17)25-20)15-31-22-13-7-6-12-21(22)26-24(16)29/h4-7,9,11-13,16,25,30H,1-3,8,10,14-15H2,(H,26,29)(H,27,28). The molecule has 0 radical (unpaired) electrons. The first-order valence-electron chi connectivity index (χ1n) is 10.7. The van der Waals surface area contributed by atoms with Crippen LogP contribution in [0.2, 0.25) is 0 Å². The molecule has 0 saturated carbocycles. The molecule has 3 aromatic rings. The Kier molecular flexibility index (Phi) is 6.52. The molecule has 1 aliphatic rings. The highest BCUT2D eigenvalue weighted by atomic mass is 16.5. The van der Waals surface area contributed by atoms with Crippen molar-refractivity contribution in [1.29, 1.82) is 0 Å². The predicted molar refractivity (Wildman–Crippen MR) is 118 cm³/mol. The van der Waals surface area contributed by atoms with Gasteiger partial charge in [0, 0.05) is 34.5 Å². The molecular weight excluding hydrogens is 394 g/mol. The van der Waals surface area contributed by atoms with Gasteiger partial charge in [-0.1, -0.05) is 43.2 Å². The fraction of sp³-hybridized carbons (Fsp3) is 0.333. The summed E-state index contributed by atoms with van der Waals surface area (Å²) in [6.07, 6.45) is 4.14. The van der Waals surface area contributed by atoms with E-state index < -0.39 is 11.8 Å². The van der Waals surface area contributed by atoms with Crippen molar-refractivity contribution in [2.75, 3.05) is 5.32 Å². The molecule has 162 valence electrons. The summed E-state index contributed by atoms with van der Waals surface area (Å²) in [5, 5.41) is 13.0. The predicted octanol–water partition coefficient (Wildman–Crippen LogP) is 4.31. The Morgan fingerprint density at radius 2 is 1.90 bits per heavy atom. The second-order valence-corrected chi connectivity index (χ2v) is 7.94. The van der Waals surface area contributed by atoms with E-state index in [9.17, 15) is 9.59 Å². The third kappa shape index (κ3) is 4.88. The van der Waals surface area contributed by atoms with E-state index in [-0.39, 0.29) is 12.3 Å². The van der Waals surface area contributed by atoms with Crippen LogP contribution in [0.25, 0.3) is 10.9 Å². The van der Waals surface area contributed by atoms with E-state index in [1.165, 1.54) is 5.69 Å². The summed E-state index contributed by atoms with van der Waals surface area (Å²) < 4.78 is 6.16. The van der Waals surface area contributed by atoms with Crippen molar-refractivity contribution in [3.8, 4) is 5.75 Å². The number of aromatic amines is 1. The molecule has 2 aromatic carbocycles. The SMILES string of the molecule is O=C(CC1CCCCCc2[nH]c3ccccc3c2COc2ccccc2NC1=O)NO. The van der Waals surface area contributed by atoms with Gasteiger partial charge in [-0.3, -0.25) is 14.8 Å². The van der Waals surface area contributed by atoms with Gasteiger partial charge in [0.2, 0.25) is 11.8 Å². The van der Waals surface area contributed by atoms with Gasteiger partial charge in [-0.2, -0.15) is 0 Å². The molecule has 4 rings (SSSR count). The normalized spacial score (nSPS) is 17.6. The van der Waals surface area contributed by atoms with Gasteiger partial charge in [-0.05, 0) is 37.5 Å². The molecule has 1 atom stereocenters. The molecule has 1 unspecified atom stereocenters. The summed E-state index contributed by atoms with van der Waals surface area (Å²) in [6.45, 7) is 0.391. The quantitative estimate of drug-likeness (QED) is 0.366. The van der Waals surface area contributed by atoms with Crippen molar-refractivity contribution in [1.82, 2.24) is 10.5 Å². The lowest BCUT2D eigenvalue weighted by molar-refractivity contribution is -0.133. The molecule has 2 heterocycles. The number of H-pyrrole nitrogens is 1. The molecule has 0 spiro atoms. The van der Waals surface area contributed by atoms with Crippen LogP contribution in [0.15, 0.2) is 48.5 Å². The highest BCUT2D eigenvalue weighted by Crippen LogP contribution is 2.30. The Balaban J connectivity index is 1.64. The summed E-state index contributed by atoms with van der Waals surface area (Å²) in [7, 11) is 0. The summed E-state index contributed by atoms with van der Waals surface area (Å²) in [6, 6.07) is 15.5. The Labute approximate surface area is 180 Å². The number of ether oxygens (including phenoxy) is 1. The van der Waals surface area contributed by atoms with Gasteiger partial charge in [0.25, 0.3) is 0 Å². The molecule has 2 amide bonds. The minimum atomic E-state index is -0.562. The van der Waals surface area contributed by atoms with Gasteiger partial charge in [0.15, 0.2) is 0 Å². The molecule has 0 fully saturated rings. The van der Waals surface area contributed by atoms with Gasteiger partial charge in [-0.25, -0.2) is 5.48 Å². The zero-order valence-corrected chi connectivity index (χ0v) is 17.3. The summed E-state index contributed by atoms with van der Waals surface area (Å²) in [4.78, 5) is 28.1. The third-order valence-corrected chi connectivity index (χ3v) is 5.83. The second kappa shape index (κ2) is 9.66. The number of nitrogens with one attached hydrogen (secondary N) is 3. The van der Waals surface area contributed by atoms with Crippen LogP contribution in [-0.2, 0) is 22.6 Å². The van der Waals surface area contributed by atoms with Crippen molar-refractivity contribution >= 4 is 28.4 Å². The van der Waals surface area contributed by atoms with E-state index in [1.807, 2.05) is 30.3 Å². The van der Waals surface area contributed by atoms with Gasteiger partial charge in [0.1, 0.15) is 12.4 Å². The Morgan fingerprint density at radius 3 is 2.77 bits per heavy atom. The van der Waals surface area contributed by atoms with Gasteiger partial charge in [-0.15, -0.1) is 0 Å². The average molecular weight is 421 g/mol. The zero-order valence-electron chi connectivity index (χ0n) is 17.3. The number of hydroxylamine groups is 1. The van der Waals surface area contributed by atoms with Crippen molar-refractivity contribution in [2.24, 2.45) is 5.92 Å². The van der Waals surface area contributed by atoms with E-state index in [2.05, 4.69) is 22.4 Å². The summed E-state index contributed by atoms with van der Waals surface area (Å²) in [5.74, 6) is -0.751. The minimum absolute atomic E-state index is 0.0580. The van der Waals surface area contributed by atoms with E-state index in [0.29, 0.717) is 24.5 Å². The molecule has 31 heavy (non-hydrogen) atoms. The van der Waals surface area contributed by atoms with Gasteiger partial charge in [0.05, 0.1) is 5.69 Å². The fourth-order valence-electron chi connectivity index (χ4n) is 4.18. The van der Waals surface area contributed by atoms with Crippen molar-refractivity contribution in [3.63, 3.8) is 0 Å². The van der Waals surface area contributed by atoms with E-state index >= 15 is 0 Å². The molecule has 4 N–H and O–H groups in total. The molecule has 1 aliphatic heterocycles. The topological polar surface area (TPSA) is 103 Å². The molecule has 0 saturated heterocycles. The summed E-state index contributed by atoms with van der Waals surface area (Å²) >= 11 is 0. The van der Waals surface area contributed by atoms with E-state index in [4.69, 9.17) is 9.94 Å². The van der Waals surface area contributed by atoms with Gasteiger partial charge >= 0.3 is 0 Å². The number of hydrogen-bond acceptors (Lipinski definition) is 4. The Bertz CT molecular complexity index is 1080. The maximum atomic E-state index is 12.9. The summed E-state index contributed by atoms with van der Waals surface area (Å²) in [5.41, 5.74) is 5.62.